The molecule has 0 aromatic heterocycles. The largest absolute Gasteiger partial charge is 0.489 e. The lowest BCUT2D eigenvalue weighted by Gasteiger charge is -2.07. The van der Waals surface area contributed by atoms with Crippen LogP contribution in [0.1, 0.15) is 11.1 Å². The van der Waals surface area contributed by atoms with Crippen LogP contribution in [-0.4, -0.2) is 11.1 Å². The molecule has 0 saturated carbocycles. The molecule has 0 aliphatic carbocycles. The molecule has 0 radical (unpaired) electrons. The van der Waals surface area contributed by atoms with Gasteiger partial charge >= 0.3 is 5.97 Å². The molecule has 0 atom stereocenters. The standard InChI is InChI=1S/C16H12F2O3/c17-13-2-4-15(5-3-13)21-10-12-7-11(1-6-16(19)20)8-14(18)9-12/h1-9H,10H2,(H,19,20). The fourth-order valence-electron chi connectivity index (χ4n) is 1.72. The average Bonchev–Trinajstić information content (AvgIpc) is 2.44. The van der Waals surface area contributed by atoms with E-state index in [1.165, 1.54) is 42.5 Å². The smallest absolute Gasteiger partial charge is 0.328 e. The number of carbonyl (C=O) groups is 1. The Bertz CT molecular complexity index is 664. The van der Waals surface area contributed by atoms with Crippen molar-refractivity contribution in [1.82, 2.24) is 0 Å². The van der Waals surface area contributed by atoms with Gasteiger partial charge in [0.15, 0.2) is 0 Å². The van der Waals surface area contributed by atoms with Gasteiger partial charge in [0, 0.05) is 6.08 Å². The van der Waals surface area contributed by atoms with Crippen molar-refractivity contribution in [3.8, 4) is 5.75 Å². The highest BCUT2D eigenvalue weighted by molar-refractivity contribution is 5.85. The predicted octanol–water partition coefficient (Wildman–Crippen LogP) is 3.64. The number of hydrogen-bond donors (Lipinski definition) is 1. The summed E-state index contributed by atoms with van der Waals surface area (Å²) in [5, 5.41) is 8.55. The van der Waals surface area contributed by atoms with E-state index >= 15 is 0 Å². The van der Waals surface area contributed by atoms with Crippen LogP contribution in [0.4, 0.5) is 8.78 Å². The molecule has 1 N–H and O–H groups in total. The molecule has 0 bridgehead atoms. The minimum Gasteiger partial charge on any atom is -0.489 e. The first-order valence-corrected chi connectivity index (χ1v) is 6.12. The molecule has 2 rings (SSSR count). The first-order chi connectivity index (χ1) is 10.0. The lowest BCUT2D eigenvalue weighted by atomic mass is 10.1. The normalized spacial score (nSPS) is 10.8. The summed E-state index contributed by atoms with van der Waals surface area (Å²) < 4.78 is 31.6. The fraction of sp³-hybridized carbons (Fsp3) is 0.0625. The molecule has 21 heavy (non-hydrogen) atoms. The molecule has 2 aromatic rings. The van der Waals surface area contributed by atoms with Gasteiger partial charge in [-0.2, -0.15) is 0 Å². The van der Waals surface area contributed by atoms with Gasteiger partial charge in [0.05, 0.1) is 0 Å². The topological polar surface area (TPSA) is 46.5 Å². The van der Waals surface area contributed by atoms with E-state index in [0.717, 1.165) is 6.08 Å². The van der Waals surface area contributed by atoms with E-state index in [1.54, 1.807) is 6.07 Å². The predicted molar refractivity (Wildman–Crippen MR) is 73.8 cm³/mol. The van der Waals surface area contributed by atoms with Crippen LogP contribution in [0.15, 0.2) is 48.5 Å². The van der Waals surface area contributed by atoms with Gasteiger partial charge in [0.1, 0.15) is 24.0 Å². The fourth-order valence-corrected chi connectivity index (χ4v) is 1.72. The van der Waals surface area contributed by atoms with Gasteiger partial charge in [0.25, 0.3) is 0 Å². The third kappa shape index (κ3) is 4.72. The van der Waals surface area contributed by atoms with Crippen LogP contribution in [0.25, 0.3) is 6.08 Å². The molecule has 0 heterocycles. The van der Waals surface area contributed by atoms with E-state index in [-0.39, 0.29) is 12.4 Å². The number of rotatable bonds is 5. The Balaban J connectivity index is 2.09. The quantitative estimate of drug-likeness (QED) is 0.855. The molecule has 5 heteroatoms. The number of benzene rings is 2. The Labute approximate surface area is 120 Å². The van der Waals surface area contributed by atoms with Crippen LogP contribution in [0, 0.1) is 11.6 Å². The van der Waals surface area contributed by atoms with Crippen molar-refractivity contribution >= 4 is 12.0 Å². The van der Waals surface area contributed by atoms with Gasteiger partial charge in [0.2, 0.25) is 0 Å². The third-order valence-electron chi connectivity index (χ3n) is 2.62. The van der Waals surface area contributed by atoms with Crippen molar-refractivity contribution in [2.75, 3.05) is 0 Å². The van der Waals surface area contributed by atoms with Crippen molar-refractivity contribution in [2.45, 2.75) is 6.61 Å². The monoisotopic (exact) mass is 290 g/mol. The van der Waals surface area contributed by atoms with Gasteiger partial charge in [-0.1, -0.05) is 0 Å². The number of carboxylic acid groups (broad SMARTS) is 1. The highest BCUT2D eigenvalue weighted by Crippen LogP contribution is 2.16. The number of halogens is 2. The van der Waals surface area contributed by atoms with Crippen molar-refractivity contribution in [2.24, 2.45) is 0 Å². The van der Waals surface area contributed by atoms with Crippen LogP contribution in [0.5, 0.6) is 5.75 Å². The van der Waals surface area contributed by atoms with Crippen LogP contribution < -0.4 is 4.74 Å². The molecule has 3 nitrogen and oxygen atoms in total. The summed E-state index contributed by atoms with van der Waals surface area (Å²) in [4.78, 5) is 10.4. The van der Waals surface area contributed by atoms with Crippen molar-refractivity contribution in [1.29, 1.82) is 0 Å². The van der Waals surface area contributed by atoms with Crippen LogP contribution in [-0.2, 0) is 11.4 Å². The summed E-state index contributed by atoms with van der Waals surface area (Å²) in [6.07, 6.45) is 2.23. The van der Waals surface area contributed by atoms with E-state index in [0.29, 0.717) is 16.9 Å². The molecule has 0 aliphatic rings. The SMILES string of the molecule is O=C(O)C=Cc1cc(F)cc(COc2ccc(F)cc2)c1. The summed E-state index contributed by atoms with van der Waals surface area (Å²) in [7, 11) is 0. The Morgan fingerprint density at radius 3 is 2.48 bits per heavy atom. The van der Waals surface area contributed by atoms with E-state index in [1.807, 2.05) is 0 Å². The highest BCUT2D eigenvalue weighted by atomic mass is 19.1. The molecule has 2 aromatic carbocycles. The van der Waals surface area contributed by atoms with E-state index in [9.17, 15) is 13.6 Å². The summed E-state index contributed by atoms with van der Waals surface area (Å²) in [5.74, 6) is -1.50. The van der Waals surface area contributed by atoms with E-state index in [4.69, 9.17) is 9.84 Å². The highest BCUT2D eigenvalue weighted by Gasteiger charge is 2.02. The lowest BCUT2D eigenvalue weighted by molar-refractivity contribution is -0.131. The second-order valence-corrected chi connectivity index (χ2v) is 4.31. The first-order valence-electron chi connectivity index (χ1n) is 6.12. The molecule has 0 amide bonds. The molecule has 108 valence electrons. The Hall–Kier alpha value is -2.69. The lowest BCUT2D eigenvalue weighted by Crippen LogP contribution is -1.97. The van der Waals surface area contributed by atoms with Crippen LogP contribution >= 0.6 is 0 Å². The van der Waals surface area contributed by atoms with Crippen LogP contribution in [0.3, 0.4) is 0 Å². The maximum Gasteiger partial charge on any atom is 0.328 e. The molecular weight excluding hydrogens is 278 g/mol. The maximum absolute atomic E-state index is 13.4. The summed E-state index contributed by atoms with van der Waals surface area (Å²) in [6, 6.07) is 9.61. The summed E-state index contributed by atoms with van der Waals surface area (Å²) in [5.41, 5.74) is 0.972. The number of carboxylic acids is 1. The Morgan fingerprint density at radius 2 is 1.81 bits per heavy atom. The molecule has 0 saturated heterocycles. The van der Waals surface area contributed by atoms with Gasteiger partial charge in [-0.3, -0.25) is 0 Å². The summed E-state index contributed by atoms with van der Waals surface area (Å²) in [6.45, 7) is 0.0945. The average molecular weight is 290 g/mol. The maximum atomic E-state index is 13.4. The number of aliphatic carboxylic acids is 1. The number of ether oxygens (including phenoxy) is 1. The molecular formula is C16H12F2O3. The zero-order valence-corrected chi connectivity index (χ0v) is 10.9. The van der Waals surface area contributed by atoms with E-state index in [2.05, 4.69) is 0 Å². The van der Waals surface area contributed by atoms with Gasteiger partial charge < -0.3 is 9.84 Å². The first kappa shape index (κ1) is 14.7. The minimum absolute atomic E-state index is 0.0945. The zero-order chi connectivity index (χ0) is 15.2. The van der Waals surface area contributed by atoms with Crippen molar-refractivity contribution in [3.05, 3.63) is 71.3 Å². The summed E-state index contributed by atoms with van der Waals surface area (Å²) >= 11 is 0. The van der Waals surface area contributed by atoms with E-state index < -0.39 is 11.8 Å². The molecule has 0 fully saturated rings. The molecule has 0 unspecified atom stereocenters. The second kappa shape index (κ2) is 6.65. The molecule has 0 aliphatic heterocycles. The second-order valence-electron chi connectivity index (χ2n) is 4.31. The Kier molecular flexibility index (Phi) is 4.66. The van der Waals surface area contributed by atoms with Gasteiger partial charge in [-0.15, -0.1) is 0 Å². The third-order valence-corrected chi connectivity index (χ3v) is 2.62. The number of hydrogen-bond acceptors (Lipinski definition) is 2. The van der Waals surface area contributed by atoms with Crippen LogP contribution in [0.2, 0.25) is 0 Å². The minimum atomic E-state index is -1.11. The van der Waals surface area contributed by atoms with Gasteiger partial charge in [-0.25, -0.2) is 13.6 Å². The Morgan fingerprint density at radius 1 is 1.10 bits per heavy atom. The zero-order valence-electron chi connectivity index (χ0n) is 10.9. The van der Waals surface area contributed by atoms with Crippen molar-refractivity contribution in [3.63, 3.8) is 0 Å². The van der Waals surface area contributed by atoms with Crippen molar-refractivity contribution < 1.29 is 23.4 Å². The molecule has 0 spiro atoms. The van der Waals surface area contributed by atoms with Gasteiger partial charge in [-0.05, 0) is 59.7 Å².